The van der Waals surface area contributed by atoms with Crippen molar-refractivity contribution in [2.75, 3.05) is 0 Å². The van der Waals surface area contributed by atoms with Gasteiger partial charge in [-0.1, -0.05) is 64.1 Å². The highest BCUT2D eigenvalue weighted by Crippen LogP contribution is 2.31. The summed E-state index contributed by atoms with van der Waals surface area (Å²) in [6.45, 7) is 4.25. The normalized spacial score (nSPS) is 10.4. The first-order chi connectivity index (χ1) is 8.86. The van der Waals surface area contributed by atoms with Crippen LogP contribution in [0.4, 0.5) is 0 Å². The molecule has 0 unspecified atom stereocenters. The third kappa shape index (κ3) is 1.95. The molecule has 0 amide bonds. The fourth-order valence-corrected chi connectivity index (χ4v) is 2.52. The molecule has 0 saturated heterocycles. The van der Waals surface area contributed by atoms with Crippen molar-refractivity contribution in [3.63, 3.8) is 0 Å². The van der Waals surface area contributed by atoms with Gasteiger partial charge in [-0.3, -0.25) is 0 Å². The van der Waals surface area contributed by atoms with Crippen LogP contribution in [0.1, 0.15) is 27.7 Å². The number of hydrogen-bond donors (Lipinski definition) is 0. The van der Waals surface area contributed by atoms with Gasteiger partial charge in [-0.05, 0) is 12.1 Å². The Kier molecular flexibility index (Phi) is 3.75. The van der Waals surface area contributed by atoms with Gasteiger partial charge in [0.25, 0.3) is 0 Å². The summed E-state index contributed by atoms with van der Waals surface area (Å²) < 4.78 is 2.28. The molecule has 19 heavy (non-hydrogen) atoms. The predicted octanol–water partition coefficient (Wildman–Crippen LogP) is 5.74. The summed E-state index contributed by atoms with van der Waals surface area (Å²) >= 11 is 0. The van der Waals surface area contributed by atoms with Crippen LogP contribution in [0.15, 0.2) is 54.7 Å². The second kappa shape index (κ2) is 5.31. The molecular weight excluding hydrogens is 230 g/mol. The van der Waals surface area contributed by atoms with Crippen molar-refractivity contribution in [1.82, 2.24) is 4.40 Å². The lowest BCUT2D eigenvalue weighted by molar-refractivity contribution is 1.09. The zero-order valence-corrected chi connectivity index (χ0v) is 10.9. The molecule has 0 saturated carbocycles. The quantitative estimate of drug-likeness (QED) is 0.375. The number of hydrogen-bond acceptors (Lipinski definition) is 0. The summed E-state index contributed by atoms with van der Waals surface area (Å²) in [6, 6.07) is 17.2. The molecule has 1 nitrogen and oxygen atoms in total. The maximum Gasteiger partial charge on any atom is 0.0607 e. The van der Waals surface area contributed by atoms with Crippen LogP contribution in [0.5, 0.6) is 0 Å². The summed E-state index contributed by atoms with van der Waals surface area (Å²) in [7, 11) is 0. The monoisotopic (exact) mass is 251 g/mol. The summed E-state index contributed by atoms with van der Waals surface area (Å²) in [4.78, 5) is 0. The minimum Gasteiger partial charge on any atom is -0.315 e. The fraction of sp³-hybridized carbons (Fsp3) is 0.222. The highest BCUT2D eigenvalue weighted by molar-refractivity contribution is 6.14. The Morgan fingerprint density at radius 2 is 1.53 bits per heavy atom. The topological polar surface area (TPSA) is 4.41 Å². The Balaban J connectivity index is 0.000000308. The second-order valence-electron chi connectivity index (χ2n) is 4.65. The molecule has 2 aromatic carbocycles. The highest BCUT2D eigenvalue weighted by atomic mass is 14.9. The van der Waals surface area contributed by atoms with E-state index in [2.05, 4.69) is 73.0 Å². The van der Waals surface area contributed by atoms with E-state index in [1.54, 1.807) is 0 Å². The molecular formula is C18H21N. The molecule has 4 aromatic rings. The van der Waals surface area contributed by atoms with Gasteiger partial charge in [-0.2, -0.15) is 0 Å². The van der Waals surface area contributed by atoms with E-state index in [9.17, 15) is 0 Å². The Morgan fingerprint density at radius 1 is 0.842 bits per heavy atom. The second-order valence-corrected chi connectivity index (χ2v) is 4.65. The lowest BCUT2D eigenvalue weighted by Gasteiger charge is -1.90. The molecule has 0 atom stereocenters. The zero-order chi connectivity index (χ0) is 12.5. The highest BCUT2D eigenvalue weighted by Gasteiger charge is 2.09. The summed E-state index contributed by atoms with van der Waals surface area (Å²) in [5.41, 5.74) is 2.65. The molecule has 2 heterocycles. The van der Waals surface area contributed by atoms with Crippen LogP contribution >= 0.6 is 0 Å². The number of rotatable bonds is 0. The number of aromatic nitrogens is 1. The minimum atomic E-state index is 0. The number of benzene rings is 2. The van der Waals surface area contributed by atoms with Crippen molar-refractivity contribution in [2.24, 2.45) is 0 Å². The smallest absolute Gasteiger partial charge is 0.0607 e. The third-order valence-electron chi connectivity index (χ3n) is 3.17. The lowest BCUT2D eigenvalue weighted by Crippen LogP contribution is -1.73. The van der Waals surface area contributed by atoms with Gasteiger partial charge in [0.05, 0.1) is 11.0 Å². The standard InChI is InChI=1S/C14H9N.C3H8.CH4/c1-2-7-13-11(5-1)12-6-3-4-10-8-9-15(13)14(10)12;1-3-2;/h1-9H;3H2,1-2H3;1H4. The molecule has 0 aliphatic carbocycles. The van der Waals surface area contributed by atoms with Gasteiger partial charge in [0.15, 0.2) is 0 Å². The molecule has 4 rings (SSSR count). The van der Waals surface area contributed by atoms with E-state index in [1.165, 1.54) is 33.6 Å². The van der Waals surface area contributed by atoms with Crippen molar-refractivity contribution < 1.29 is 0 Å². The van der Waals surface area contributed by atoms with Crippen LogP contribution in [-0.4, -0.2) is 4.40 Å². The molecule has 0 aliphatic rings. The predicted molar refractivity (Wildman–Crippen MR) is 86.3 cm³/mol. The first-order valence-corrected chi connectivity index (χ1v) is 6.56. The Labute approximate surface area is 114 Å². The van der Waals surface area contributed by atoms with Gasteiger partial charge in [0.2, 0.25) is 0 Å². The van der Waals surface area contributed by atoms with Crippen molar-refractivity contribution in [2.45, 2.75) is 27.7 Å². The van der Waals surface area contributed by atoms with E-state index >= 15 is 0 Å². The Bertz CT molecular complexity index is 758. The van der Waals surface area contributed by atoms with Crippen LogP contribution < -0.4 is 0 Å². The first kappa shape index (κ1) is 13.4. The lowest BCUT2D eigenvalue weighted by atomic mass is 10.1. The molecule has 1 heteroatoms. The molecule has 0 N–H and O–H groups in total. The van der Waals surface area contributed by atoms with Gasteiger partial charge in [-0.15, -0.1) is 0 Å². The van der Waals surface area contributed by atoms with Crippen molar-refractivity contribution >= 4 is 27.2 Å². The Morgan fingerprint density at radius 3 is 2.32 bits per heavy atom. The van der Waals surface area contributed by atoms with E-state index in [0.717, 1.165) is 0 Å². The summed E-state index contributed by atoms with van der Waals surface area (Å²) in [5.74, 6) is 0. The van der Waals surface area contributed by atoms with Crippen molar-refractivity contribution in [1.29, 1.82) is 0 Å². The van der Waals surface area contributed by atoms with Crippen LogP contribution in [0, 0.1) is 0 Å². The molecule has 0 aliphatic heterocycles. The molecule has 98 valence electrons. The van der Waals surface area contributed by atoms with E-state index in [0.29, 0.717) is 0 Å². The van der Waals surface area contributed by atoms with E-state index in [4.69, 9.17) is 0 Å². The van der Waals surface area contributed by atoms with E-state index in [1.807, 2.05) is 0 Å². The fourth-order valence-electron chi connectivity index (χ4n) is 2.52. The zero-order valence-electron chi connectivity index (χ0n) is 10.9. The van der Waals surface area contributed by atoms with Crippen molar-refractivity contribution in [3.8, 4) is 0 Å². The SMILES string of the molecule is C.CCC.c1ccc2c(c1)c1cccc3ccn2c31. The molecule has 0 spiro atoms. The van der Waals surface area contributed by atoms with Crippen LogP contribution in [0.2, 0.25) is 0 Å². The number of fused-ring (bicyclic) bond motifs is 3. The van der Waals surface area contributed by atoms with Crippen LogP contribution in [0.3, 0.4) is 0 Å². The minimum absolute atomic E-state index is 0. The van der Waals surface area contributed by atoms with Gasteiger partial charge >= 0.3 is 0 Å². The van der Waals surface area contributed by atoms with E-state index in [-0.39, 0.29) is 7.43 Å². The van der Waals surface area contributed by atoms with Crippen LogP contribution in [-0.2, 0) is 0 Å². The van der Waals surface area contributed by atoms with Crippen molar-refractivity contribution in [3.05, 3.63) is 54.7 Å². The molecule has 0 radical (unpaired) electrons. The summed E-state index contributed by atoms with van der Waals surface area (Å²) in [6.07, 6.45) is 3.40. The average Bonchev–Trinajstić information content (AvgIpc) is 2.96. The first-order valence-electron chi connectivity index (χ1n) is 6.56. The maximum absolute atomic E-state index is 2.28. The largest absolute Gasteiger partial charge is 0.315 e. The van der Waals surface area contributed by atoms with Gasteiger partial charge < -0.3 is 4.40 Å². The number of nitrogens with zero attached hydrogens (tertiary/aromatic N) is 1. The van der Waals surface area contributed by atoms with Gasteiger partial charge in [0, 0.05) is 22.4 Å². The van der Waals surface area contributed by atoms with E-state index < -0.39 is 0 Å². The molecule has 2 aromatic heterocycles. The molecule has 0 bridgehead atoms. The van der Waals surface area contributed by atoms with Gasteiger partial charge in [0.1, 0.15) is 0 Å². The number of para-hydroxylation sites is 2. The Hall–Kier alpha value is -2.02. The maximum atomic E-state index is 2.28. The third-order valence-corrected chi connectivity index (χ3v) is 3.17. The molecule has 0 fully saturated rings. The summed E-state index contributed by atoms with van der Waals surface area (Å²) in [5, 5.41) is 4.02. The average molecular weight is 251 g/mol. The van der Waals surface area contributed by atoms with Gasteiger partial charge in [-0.25, -0.2) is 0 Å². The van der Waals surface area contributed by atoms with Crippen LogP contribution in [0.25, 0.3) is 27.2 Å².